The maximum Gasteiger partial charge on any atom is 0.0575 e. The molecule has 3 nitrogen and oxygen atoms in total. The maximum absolute atomic E-state index is 9.81. The molecule has 118 valence electrons. The Kier molecular flexibility index (Phi) is 6.34. The van der Waals surface area contributed by atoms with Crippen molar-refractivity contribution < 1.29 is 5.11 Å². The first-order chi connectivity index (χ1) is 10.1. The van der Waals surface area contributed by atoms with Crippen LogP contribution in [0.15, 0.2) is 24.3 Å². The van der Waals surface area contributed by atoms with Gasteiger partial charge in [-0.1, -0.05) is 25.4 Å². The van der Waals surface area contributed by atoms with Crippen molar-refractivity contribution in [2.24, 2.45) is 5.92 Å². The third kappa shape index (κ3) is 5.17. The van der Waals surface area contributed by atoms with Crippen molar-refractivity contribution in [1.29, 1.82) is 0 Å². The highest BCUT2D eigenvalue weighted by molar-refractivity contribution is 6.30. The van der Waals surface area contributed by atoms with Crippen LogP contribution >= 0.6 is 11.6 Å². The molecule has 0 aliphatic carbocycles. The van der Waals surface area contributed by atoms with Crippen LogP contribution < -0.4 is 10.2 Å². The number of nitrogens with zero attached hydrogens (tertiary/aromatic N) is 1. The number of nitrogens with one attached hydrogen (secondary N) is 1. The van der Waals surface area contributed by atoms with E-state index in [2.05, 4.69) is 36.2 Å². The van der Waals surface area contributed by atoms with E-state index in [1.807, 2.05) is 12.1 Å². The summed E-state index contributed by atoms with van der Waals surface area (Å²) in [5, 5.41) is 14.2. The van der Waals surface area contributed by atoms with E-state index >= 15 is 0 Å². The van der Waals surface area contributed by atoms with E-state index in [1.54, 1.807) is 0 Å². The Hall–Kier alpha value is -0.770. The Labute approximate surface area is 133 Å². The summed E-state index contributed by atoms with van der Waals surface area (Å²) in [7, 11) is 0. The van der Waals surface area contributed by atoms with Crippen LogP contribution in [0.4, 0.5) is 5.69 Å². The summed E-state index contributed by atoms with van der Waals surface area (Å²) < 4.78 is 0. The molecule has 0 aromatic heterocycles. The monoisotopic (exact) mass is 310 g/mol. The van der Waals surface area contributed by atoms with Gasteiger partial charge >= 0.3 is 0 Å². The maximum atomic E-state index is 9.81. The van der Waals surface area contributed by atoms with E-state index in [-0.39, 0.29) is 6.10 Å². The summed E-state index contributed by atoms with van der Waals surface area (Å²) in [6.07, 6.45) is 2.96. The Morgan fingerprint density at radius 3 is 2.43 bits per heavy atom. The zero-order valence-electron chi connectivity index (χ0n) is 13.1. The predicted molar refractivity (Wildman–Crippen MR) is 90.2 cm³/mol. The molecular formula is C17H27ClN2O. The molecule has 1 fully saturated rings. The smallest absolute Gasteiger partial charge is 0.0575 e. The van der Waals surface area contributed by atoms with E-state index in [0.29, 0.717) is 12.0 Å². The van der Waals surface area contributed by atoms with E-state index < -0.39 is 0 Å². The van der Waals surface area contributed by atoms with Gasteiger partial charge in [0.2, 0.25) is 0 Å². The standard InChI is InChI=1S/C17H27ClN2O/c1-13(2)17(21)7-10-19-15-8-11-20(12-9-15)16-5-3-14(18)4-6-16/h3-6,13,15,17,19,21H,7-12H2,1-2H3. The van der Waals surface area contributed by atoms with Gasteiger partial charge in [-0.3, -0.25) is 0 Å². The lowest BCUT2D eigenvalue weighted by Crippen LogP contribution is -2.43. The lowest BCUT2D eigenvalue weighted by Gasteiger charge is -2.34. The molecule has 21 heavy (non-hydrogen) atoms. The average molecular weight is 311 g/mol. The minimum absolute atomic E-state index is 0.188. The molecule has 0 saturated carbocycles. The molecule has 0 radical (unpaired) electrons. The molecule has 2 rings (SSSR count). The van der Waals surface area contributed by atoms with Crippen molar-refractivity contribution in [2.45, 2.75) is 45.3 Å². The van der Waals surface area contributed by atoms with E-state index in [4.69, 9.17) is 11.6 Å². The van der Waals surface area contributed by atoms with Crippen LogP contribution in [-0.2, 0) is 0 Å². The second kappa shape index (κ2) is 8.02. The lowest BCUT2D eigenvalue weighted by atomic mass is 10.0. The Balaban J connectivity index is 1.70. The Morgan fingerprint density at radius 2 is 1.86 bits per heavy atom. The van der Waals surface area contributed by atoms with Crippen molar-refractivity contribution in [3.05, 3.63) is 29.3 Å². The number of aliphatic hydroxyl groups is 1. The third-order valence-electron chi connectivity index (χ3n) is 4.33. The van der Waals surface area contributed by atoms with Crippen molar-refractivity contribution in [3.63, 3.8) is 0 Å². The quantitative estimate of drug-likeness (QED) is 0.846. The molecule has 4 heteroatoms. The first-order valence-electron chi connectivity index (χ1n) is 7.98. The number of anilines is 1. The average Bonchev–Trinajstić information content (AvgIpc) is 2.48. The highest BCUT2D eigenvalue weighted by Gasteiger charge is 2.19. The van der Waals surface area contributed by atoms with Crippen molar-refractivity contribution in [2.75, 3.05) is 24.5 Å². The number of rotatable bonds is 6. The summed E-state index contributed by atoms with van der Waals surface area (Å²) >= 11 is 5.93. The molecule has 1 unspecified atom stereocenters. The number of piperidine rings is 1. The summed E-state index contributed by atoms with van der Waals surface area (Å²) in [5.74, 6) is 0.346. The van der Waals surface area contributed by atoms with Crippen LogP contribution in [0.5, 0.6) is 0 Å². The summed E-state index contributed by atoms with van der Waals surface area (Å²) in [6.45, 7) is 7.19. The van der Waals surface area contributed by atoms with Gasteiger partial charge in [-0.2, -0.15) is 0 Å². The molecule has 2 N–H and O–H groups in total. The first-order valence-corrected chi connectivity index (χ1v) is 8.36. The summed E-state index contributed by atoms with van der Waals surface area (Å²) in [6, 6.07) is 8.67. The zero-order chi connectivity index (χ0) is 15.2. The van der Waals surface area contributed by atoms with E-state index in [0.717, 1.165) is 43.9 Å². The van der Waals surface area contributed by atoms with Gasteiger partial charge in [0.05, 0.1) is 6.10 Å². The normalized spacial score (nSPS) is 18.2. The Morgan fingerprint density at radius 1 is 1.24 bits per heavy atom. The van der Waals surface area contributed by atoms with Crippen LogP contribution in [0, 0.1) is 5.92 Å². The van der Waals surface area contributed by atoms with Gasteiger partial charge in [0.25, 0.3) is 0 Å². The zero-order valence-corrected chi connectivity index (χ0v) is 13.8. The number of benzene rings is 1. The fourth-order valence-electron chi connectivity index (χ4n) is 2.76. The minimum Gasteiger partial charge on any atom is -0.393 e. The third-order valence-corrected chi connectivity index (χ3v) is 4.58. The molecular weight excluding hydrogens is 284 g/mol. The van der Waals surface area contributed by atoms with Gasteiger partial charge in [0, 0.05) is 29.8 Å². The molecule has 0 amide bonds. The second-order valence-corrected chi connectivity index (χ2v) is 6.73. The predicted octanol–water partition coefficient (Wildman–Crippen LogP) is 3.31. The number of halogens is 1. The summed E-state index contributed by atoms with van der Waals surface area (Å²) in [4.78, 5) is 2.41. The molecule has 1 aliphatic rings. The van der Waals surface area contributed by atoms with Crippen LogP contribution in [0.3, 0.4) is 0 Å². The van der Waals surface area contributed by atoms with Crippen LogP contribution in [0.25, 0.3) is 0 Å². The molecule has 0 bridgehead atoms. The fourth-order valence-corrected chi connectivity index (χ4v) is 2.89. The van der Waals surface area contributed by atoms with E-state index in [1.165, 1.54) is 5.69 Å². The largest absolute Gasteiger partial charge is 0.393 e. The lowest BCUT2D eigenvalue weighted by molar-refractivity contribution is 0.114. The summed E-state index contributed by atoms with van der Waals surface area (Å²) in [5.41, 5.74) is 1.26. The van der Waals surface area contributed by atoms with Gasteiger partial charge in [-0.15, -0.1) is 0 Å². The molecule has 1 heterocycles. The molecule has 1 aliphatic heterocycles. The minimum atomic E-state index is -0.188. The fraction of sp³-hybridized carbons (Fsp3) is 0.647. The van der Waals surface area contributed by atoms with Crippen molar-refractivity contribution in [1.82, 2.24) is 5.32 Å². The van der Waals surface area contributed by atoms with Gasteiger partial charge in [0.1, 0.15) is 0 Å². The van der Waals surface area contributed by atoms with Gasteiger partial charge < -0.3 is 15.3 Å². The molecule has 1 aromatic carbocycles. The molecule has 0 spiro atoms. The van der Waals surface area contributed by atoms with Gasteiger partial charge in [-0.05, 0) is 56.0 Å². The Bertz CT molecular complexity index is 413. The van der Waals surface area contributed by atoms with Crippen LogP contribution in [-0.4, -0.2) is 36.9 Å². The number of hydrogen-bond donors (Lipinski definition) is 2. The van der Waals surface area contributed by atoms with Gasteiger partial charge in [0.15, 0.2) is 0 Å². The highest BCUT2D eigenvalue weighted by Crippen LogP contribution is 2.22. The SMILES string of the molecule is CC(C)C(O)CCNC1CCN(c2ccc(Cl)cc2)CC1. The van der Waals surface area contributed by atoms with Gasteiger partial charge in [-0.25, -0.2) is 0 Å². The van der Waals surface area contributed by atoms with E-state index in [9.17, 15) is 5.11 Å². The molecule has 1 saturated heterocycles. The van der Waals surface area contributed by atoms with Crippen LogP contribution in [0.2, 0.25) is 5.02 Å². The van der Waals surface area contributed by atoms with Crippen LogP contribution in [0.1, 0.15) is 33.1 Å². The first kappa shape index (κ1) is 16.6. The highest BCUT2D eigenvalue weighted by atomic mass is 35.5. The second-order valence-electron chi connectivity index (χ2n) is 6.29. The number of hydrogen-bond acceptors (Lipinski definition) is 3. The van der Waals surface area contributed by atoms with Crippen molar-refractivity contribution >= 4 is 17.3 Å². The molecule has 1 aromatic rings. The van der Waals surface area contributed by atoms with Crippen molar-refractivity contribution in [3.8, 4) is 0 Å². The molecule has 1 atom stereocenters. The number of aliphatic hydroxyl groups excluding tert-OH is 1. The topological polar surface area (TPSA) is 35.5 Å².